The third-order valence-corrected chi connectivity index (χ3v) is 3.50. The van der Waals surface area contributed by atoms with Gasteiger partial charge in [0.15, 0.2) is 0 Å². The lowest BCUT2D eigenvalue weighted by molar-refractivity contribution is -0.120. The molecule has 0 radical (unpaired) electrons. The summed E-state index contributed by atoms with van der Waals surface area (Å²) in [5, 5.41) is 2.94. The number of nitrogens with zero attached hydrogens (tertiary/aromatic N) is 2. The van der Waals surface area contributed by atoms with Crippen molar-refractivity contribution >= 4 is 17.3 Å². The summed E-state index contributed by atoms with van der Waals surface area (Å²) in [6, 6.07) is 11.6. The Morgan fingerprint density at radius 3 is 2.41 bits per heavy atom. The number of hydrogen-bond donors (Lipinski definition) is 1. The van der Waals surface area contributed by atoms with Gasteiger partial charge >= 0.3 is 0 Å². The Morgan fingerprint density at radius 2 is 1.82 bits per heavy atom. The standard InChI is InChI=1S/C17H23N3O2/c1-13(16-10-7-11-22-16)18-17(21)12-20(4)15-9-6-5-8-14(15)19(2)3/h5-11,13H,12H2,1-4H3,(H,18,21)/t13-/m1/s1. The quantitative estimate of drug-likeness (QED) is 0.891. The molecule has 1 atom stereocenters. The summed E-state index contributed by atoms with van der Waals surface area (Å²) in [6.45, 7) is 2.19. The van der Waals surface area contributed by atoms with Crippen LogP contribution in [0.3, 0.4) is 0 Å². The van der Waals surface area contributed by atoms with Crippen molar-refractivity contribution in [3.05, 3.63) is 48.4 Å². The monoisotopic (exact) mass is 301 g/mol. The fourth-order valence-corrected chi connectivity index (χ4v) is 2.36. The van der Waals surface area contributed by atoms with Gasteiger partial charge < -0.3 is 19.5 Å². The molecular weight excluding hydrogens is 278 g/mol. The predicted octanol–water partition coefficient (Wildman–Crippen LogP) is 2.66. The highest BCUT2D eigenvalue weighted by Crippen LogP contribution is 2.26. The number of anilines is 2. The van der Waals surface area contributed by atoms with Gasteiger partial charge in [-0.2, -0.15) is 0 Å². The van der Waals surface area contributed by atoms with E-state index in [-0.39, 0.29) is 18.5 Å². The van der Waals surface area contributed by atoms with E-state index in [4.69, 9.17) is 4.42 Å². The summed E-state index contributed by atoms with van der Waals surface area (Å²) < 4.78 is 5.30. The Bertz CT molecular complexity index is 608. The van der Waals surface area contributed by atoms with E-state index in [1.807, 2.05) is 74.3 Å². The molecule has 1 N–H and O–H groups in total. The van der Waals surface area contributed by atoms with Crippen LogP contribution in [0.5, 0.6) is 0 Å². The minimum Gasteiger partial charge on any atom is -0.467 e. The Balaban J connectivity index is 2.00. The van der Waals surface area contributed by atoms with E-state index >= 15 is 0 Å². The predicted molar refractivity (Wildman–Crippen MR) is 89.3 cm³/mol. The van der Waals surface area contributed by atoms with Gasteiger partial charge in [0, 0.05) is 21.1 Å². The van der Waals surface area contributed by atoms with E-state index in [9.17, 15) is 4.79 Å². The lowest BCUT2D eigenvalue weighted by Gasteiger charge is -2.25. The molecule has 1 amide bonds. The summed E-state index contributed by atoms with van der Waals surface area (Å²) >= 11 is 0. The Labute approximate surface area is 131 Å². The third kappa shape index (κ3) is 3.81. The number of furan rings is 1. The van der Waals surface area contributed by atoms with Gasteiger partial charge in [0.1, 0.15) is 5.76 Å². The number of carbonyl (C=O) groups is 1. The van der Waals surface area contributed by atoms with Crippen molar-refractivity contribution in [3.8, 4) is 0 Å². The first-order valence-corrected chi connectivity index (χ1v) is 7.29. The normalized spacial score (nSPS) is 11.8. The first kappa shape index (κ1) is 15.9. The van der Waals surface area contributed by atoms with Crippen molar-refractivity contribution in [2.45, 2.75) is 13.0 Å². The Kier molecular flexibility index (Phi) is 5.09. The molecule has 0 saturated heterocycles. The van der Waals surface area contributed by atoms with Crippen LogP contribution in [0.25, 0.3) is 0 Å². The number of amides is 1. The Hall–Kier alpha value is -2.43. The van der Waals surface area contributed by atoms with Crippen molar-refractivity contribution in [2.75, 3.05) is 37.5 Å². The van der Waals surface area contributed by atoms with Gasteiger partial charge in [0.25, 0.3) is 0 Å². The highest BCUT2D eigenvalue weighted by Gasteiger charge is 2.15. The molecule has 22 heavy (non-hydrogen) atoms. The number of para-hydroxylation sites is 2. The van der Waals surface area contributed by atoms with E-state index in [0.29, 0.717) is 0 Å². The zero-order valence-corrected chi connectivity index (χ0v) is 13.5. The lowest BCUT2D eigenvalue weighted by Crippen LogP contribution is -2.36. The summed E-state index contributed by atoms with van der Waals surface area (Å²) in [5.41, 5.74) is 2.10. The number of hydrogen-bond acceptors (Lipinski definition) is 4. The zero-order chi connectivity index (χ0) is 16.1. The second-order valence-electron chi connectivity index (χ2n) is 5.54. The fourth-order valence-electron chi connectivity index (χ4n) is 2.36. The van der Waals surface area contributed by atoms with E-state index < -0.39 is 0 Å². The minimum absolute atomic E-state index is 0.0417. The molecule has 0 unspecified atom stereocenters. The topological polar surface area (TPSA) is 48.7 Å². The molecule has 5 nitrogen and oxygen atoms in total. The van der Waals surface area contributed by atoms with Crippen molar-refractivity contribution in [1.29, 1.82) is 0 Å². The average molecular weight is 301 g/mol. The maximum atomic E-state index is 12.2. The van der Waals surface area contributed by atoms with Gasteiger partial charge in [-0.15, -0.1) is 0 Å². The molecule has 1 aromatic heterocycles. The molecule has 0 fully saturated rings. The molecule has 0 bridgehead atoms. The maximum Gasteiger partial charge on any atom is 0.240 e. The highest BCUT2D eigenvalue weighted by molar-refractivity contribution is 5.83. The number of likely N-dealkylation sites (N-methyl/N-ethyl adjacent to an activating group) is 1. The fraction of sp³-hybridized carbons (Fsp3) is 0.353. The zero-order valence-electron chi connectivity index (χ0n) is 13.5. The molecule has 118 valence electrons. The van der Waals surface area contributed by atoms with Crippen LogP contribution in [0.15, 0.2) is 47.1 Å². The Morgan fingerprint density at radius 1 is 1.14 bits per heavy atom. The molecule has 1 heterocycles. The van der Waals surface area contributed by atoms with E-state index in [0.717, 1.165) is 17.1 Å². The molecule has 0 aliphatic heterocycles. The molecule has 5 heteroatoms. The van der Waals surface area contributed by atoms with Crippen LogP contribution in [0, 0.1) is 0 Å². The van der Waals surface area contributed by atoms with Crippen LogP contribution in [0.1, 0.15) is 18.7 Å². The van der Waals surface area contributed by atoms with Gasteiger partial charge in [0.05, 0.1) is 30.2 Å². The van der Waals surface area contributed by atoms with Crippen LogP contribution in [-0.2, 0) is 4.79 Å². The largest absolute Gasteiger partial charge is 0.467 e. The molecule has 1 aromatic carbocycles. The molecule has 2 aromatic rings. The van der Waals surface area contributed by atoms with Crippen molar-refractivity contribution in [2.24, 2.45) is 0 Å². The highest BCUT2D eigenvalue weighted by atomic mass is 16.3. The SMILES string of the molecule is C[C@@H](NC(=O)CN(C)c1ccccc1N(C)C)c1ccco1. The maximum absolute atomic E-state index is 12.2. The molecule has 2 rings (SSSR count). The van der Waals surface area contributed by atoms with Crippen molar-refractivity contribution in [3.63, 3.8) is 0 Å². The number of rotatable bonds is 6. The van der Waals surface area contributed by atoms with Crippen LogP contribution in [0.4, 0.5) is 11.4 Å². The molecule has 0 spiro atoms. The van der Waals surface area contributed by atoms with Gasteiger partial charge in [-0.3, -0.25) is 4.79 Å². The summed E-state index contributed by atoms with van der Waals surface area (Å²) in [4.78, 5) is 16.2. The van der Waals surface area contributed by atoms with Gasteiger partial charge in [-0.1, -0.05) is 12.1 Å². The number of nitrogens with one attached hydrogen (secondary N) is 1. The summed E-state index contributed by atoms with van der Waals surface area (Å²) in [7, 11) is 5.90. The minimum atomic E-state index is -0.139. The first-order chi connectivity index (χ1) is 10.5. The van der Waals surface area contributed by atoms with E-state index in [1.54, 1.807) is 6.26 Å². The smallest absolute Gasteiger partial charge is 0.240 e. The van der Waals surface area contributed by atoms with E-state index in [2.05, 4.69) is 5.32 Å². The van der Waals surface area contributed by atoms with Crippen molar-refractivity contribution < 1.29 is 9.21 Å². The first-order valence-electron chi connectivity index (χ1n) is 7.29. The molecular formula is C17H23N3O2. The molecule has 0 aliphatic carbocycles. The van der Waals surface area contributed by atoms with Crippen LogP contribution in [-0.4, -0.2) is 33.6 Å². The van der Waals surface area contributed by atoms with Crippen LogP contribution < -0.4 is 15.1 Å². The van der Waals surface area contributed by atoms with Crippen LogP contribution in [0.2, 0.25) is 0 Å². The van der Waals surface area contributed by atoms with E-state index in [1.165, 1.54) is 0 Å². The third-order valence-electron chi connectivity index (χ3n) is 3.50. The molecule has 0 saturated carbocycles. The van der Waals surface area contributed by atoms with Gasteiger partial charge in [-0.05, 0) is 31.2 Å². The molecule has 0 aliphatic rings. The number of benzene rings is 1. The second kappa shape index (κ2) is 7.02. The lowest BCUT2D eigenvalue weighted by atomic mass is 10.2. The second-order valence-corrected chi connectivity index (χ2v) is 5.54. The van der Waals surface area contributed by atoms with Crippen molar-refractivity contribution in [1.82, 2.24) is 5.32 Å². The van der Waals surface area contributed by atoms with Crippen LogP contribution >= 0.6 is 0 Å². The number of carbonyl (C=O) groups excluding carboxylic acids is 1. The van der Waals surface area contributed by atoms with Gasteiger partial charge in [-0.25, -0.2) is 0 Å². The average Bonchev–Trinajstić information content (AvgIpc) is 3.01. The van der Waals surface area contributed by atoms with Gasteiger partial charge in [0.2, 0.25) is 5.91 Å². The summed E-state index contributed by atoms with van der Waals surface area (Å²) in [6.07, 6.45) is 1.61. The summed E-state index contributed by atoms with van der Waals surface area (Å²) in [5.74, 6) is 0.713.